The van der Waals surface area contributed by atoms with E-state index in [9.17, 15) is 0 Å². The van der Waals surface area contributed by atoms with Crippen molar-refractivity contribution in [2.24, 2.45) is 5.92 Å². The molecule has 1 N–H and O–H groups in total. The number of H-pyrrole nitrogens is 1. The Morgan fingerprint density at radius 2 is 2.04 bits per heavy atom. The van der Waals surface area contributed by atoms with Gasteiger partial charge in [0.25, 0.3) is 0 Å². The van der Waals surface area contributed by atoms with Crippen LogP contribution in [0.15, 0.2) is 18.6 Å². The van der Waals surface area contributed by atoms with Crippen LogP contribution in [0, 0.1) is 5.92 Å². The highest BCUT2D eigenvalue weighted by molar-refractivity contribution is 5.92. The third-order valence-electron chi connectivity index (χ3n) is 5.70. The molecule has 120 valence electrons. The average Bonchev–Trinajstić information content (AvgIpc) is 3.17. The van der Waals surface area contributed by atoms with E-state index in [0.717, 1.165) is 22.5 Å². The first-order chi connectivity index (χ1) is 11.4. The van der Waals surface area contributed by atoms with Gasteiger partial charge in [0.2, 0.25) is 0 Å². The second-order valence-corrected chi connectivity index (χ2v) is 7.12. The summed E-state index contributed by atoms with van der Waals surface area (Å²) in [6.07, 6.45) is 10.2. The SMILES string of the molecule is c1cc2c(ncn3nnc(C4CCC(CN5CCC5)CC4)c23)[nH]1. The van der Waals surface area contributed by atoms with Gasteiger partial charge in [-0.05, 0) is 57.2 Å². The van der Waals surface area contributed by atoms with Crippen LogP contribution >= 0.6 is 0 Å². The molecule has 6 nitrogen and oxygen atoms in total. The van der Waals surface area contributed by atoms with Crippen molar-refractivity contribution in [1.29, 1.82) is 0 Å². The van der Waals surface area contributed by atoms with Crippen LogP contribution in [0.2, 0.25) is 0 Å². The Kier molecular flexibility index (Phi) is 3.11. The highest BCUT2D eigenvalue weighted by atomic mass is 15.4. The molecular formula is C17H22N6. The van der Waals surface area contributed by atoms with Gasteiger partial charge in [-0.1, -0.05) is 5.21 Å². The highest BCUT2D eigenvalue weighted by Crippen LogP contribution is 2.38. The Morgan fingerprint density at radius 1 is 1.17 bits per heavy atom. The van der Waals surface area contributed by atoms with Crippen molar-refractivity contribution in [2.75, 3.05) is 19.6 Å². The number of nitrogens with one attached hydrogen (secondary N) is 1. The minimum Gasteiger partial charge on any atom is -0.346 e. The molecule has 2 aliphatic rings. The monoisotopic (exact) mass is 310 g/mol. The number of likely N-dealkylation sites (tertiary alicyclic amines) is 1. The first kappa shape index (κ1) is 13.5. The zero-order valence-corrected chi connectivity index (χ0v) is 13.3. The summed E-state index contributed by atoms with van der Waals surface area (Å²) >= 11 is 0. The van der Waals surface area contributed by atoms with Gasteiger partial charge in [-0.15, -0.1) is 5.10 Å². The van der Waals surface area contributed by atoms with E-state index >= 15 is 0 Å². The molecule has 3 aromatic rings. The van der Waals surface area contributed by atoms with Gasteiger partial charge in [-0.3, -0.25) is 0 Å². The predicted octanol–water partition coefficient (Wildman–Crippen LogP) is 2.59. The lowest BCUT2D eigenvalue weighted by molar-refractivity contribution is 0.132. The van der Waals surface area contributed by atoms with Gasteiger partial charge in [0, 0.05) is 24.0 Å². The van der Waals surface area contributed by atoms with Crippen molar-refractivity contribution in [1.82, 2.24) is 29.7 Å². The van der Waals surface area contributed by atoms with Crippen molar-refractivity contribution >= 4 is 16.6 Å². The predicted molar refractivity (Wildman–Crippen MR) is 88.4 cm³/mol. The second-order valence-electron chi connectivity index (χ2n) is 7.12. The number of nitrogens with zero attached hydrogens (tertiary/aromatic N) is 5. The molecule has 0 bridgehead atoms. The molecule has 0 unspecified atom stereocenters. The summed E-state index contributed by atoms with van der Waals surface area (Å²) in [4.78, 5) is 10.2. The molecule has 2 fully saturated rings. The molecule has 1 saturated heterocycles. The normalized spacial score (nSPS) is 25.9. The maximum Gasteiger partial charge on any atom is 0.141 e. The van der Waals surface area contributed by atoms with E-state index in [0.29, 0.717) is 5.92 Å². The lowest BCUT2D eigenvalue weighted by atomic mass is 9.79. The largest absolute Gasteiger partial charge is 0.346 e. The van der Waals surface area contributed by atoms with Gasteiger partial charge in [0.05, 0.1) is 5.69 Å². The molecule has 0 spiro atoms. The molecule has 1 aliphatic heterocycles. The Balaban J connectivity index is 1.39. The van der Waals surface area contributed by atoms with Crippen molar-refractivity contribution in [3.05, 3.63) is 24.3 Å². The summed E-state index contributed by atoms with van der Waals surface area (Å²) in [6, 6.07) is 2.08. The maximum atomic E-state index is 4.51. The lowest BCUT2D eigenvalue weighted by Crippen LogP contribution is -2.41. The molecule has 4 heterocycles. The molecular weight excluding hydrogens is 288 g/mol. The topological polar surface area (TPSA) is 62.1 Å². The van der Waals surface area contributed by atoms with Crippen LogP contribution in [0.3, 0.4) is 0 Å². The first-order valence-corrected chi connectivity index (χ1v) is 8.78. The Hall–Kier alpha value is -1.95. The van der Waals surface area contributed by atoms with Gasteiger partial charge in [0.1, 0.15) is 17.5 Å². The molecule has 23 heavy (non-hydrogen) atoms. The molecule has 1 saturated carbocycles. The third kappa shape index (κ3) is 2.24. The Morgan fingerprint density at radius 3 is 2.83 bits per heavy atom. The van der Waals surface area contributed by atoms with Crippen molar-refractivity contribution in [3.63, 3.8) is 0 Å². The fourth-order valence-electron chi connectivity index (χ4n) is 4.24. The highest BCUT2D eigenvalue weighted by Gasteiger charge is 2.28. The van der Waals surface area contributed by atoms with E-state index < -0.39 is 0 Å². The summed E-state index contributed by atoms with van der Waals surface area (Å²) in [5.74, 6) is 1.42. The zero-order valence-electron chi connectivity index (χ0n) is 13.3. The van der Waals surface area contributed by atoms with Crippen LogP contribution in [-0.4, -0.2) is 49.3 Å². The van der Waals surface area contributed by atoms with Crippen LogP contribution in [0.5, 0.6) is 0 Å². The van der Waals surface area contributed by atoms with Gasteiger partial charge in [-0.25, -0.2) is 9.50 Å². The van der Waals surface area contributed by atoms with Crippen molar-refractivity contribution < 1.29 is 0 Å². The smallest absolute Gasteiger partial charge is 0.141 e. The van der Waals surface area contributed by atoms with E-state index in [-0.39, 0.29) is 0 Å². The Labute approximate surface area is 134 Å². The number of fused-ring (bicyclic) bond motifs is 3. The molecule has 0 radical (unpaired) electrons. The summed E-state index contributed by atoms with van der Waals surface area (Å²) in [5, 5.41) is 9.94. The fraction of sp³-hybridized carbons (Fsp3) is 0.588. The standard InChI is InChI=1S/C17H22N6/c1-8-22(9-1)10-12-2-4-13(5-3-12)15-16-14-6-7-18-17(14)19-11-23(16)21-20-15/h6-7,11-13,18H,1-5,8-10H2. The lowest BCUT2D eigenvalue weighted by Gasteiger charge is -2.36. The van der Waals surface area contributed by atoms with E-state index in [1.165, 1.54) is 57.4 Å². The van der Waals surface area contributed by atoms with Gasteiger partial charge in [-0.2, -0.15) is 0 Å². The van der Waals surface area contributed by atoms with Crippen LogP contribution in [0.25, 0.3) is 16.6 Å². The van der Waals surface area contributed by atoms with E-state index in [1.54, 1.807) is 6.33 Å². The van der Waals surface area contributed by atoms with E-state index in [1.807, 2.05) is 10.7 Å². The molecule has 1 aliphatic carbocycles. The van der Waals surface area contributed by atoms with Crippen LogP contribution in [0.1, 0.15) is 43.7 Å². The minimum atomic E-state index is 0.542. The van der Waals surface area contributed by atoms with Crippen LogP contribution in [0.4, 0.5) is 0 Å². The third-order valence-corrected chi connectivity index (χ3v) is 5.70. The fourth-order valence-corrected chi connectivity index (χ4v) is 4.24. The zero-order chi connectivity index (χ0) is 15.2. The van der Waals surface area contributed by atoms with Gasteiger partial charge in [0.15, 0.2) is 0 Å². The summed E-state index contributed by atoms with van der Waals surface area (Å²) in [7, 11) is 0. The molecule has 3 aromatic heterocycles. The quantitative estimate of drug-likeness (QED) is 0.807. The number of hydrogen-bond acceptors (Lipinski definition) is 4. The molecule has 0 amide bonds. The molecule has 0 atom stereocenters. The minimum absolute atomic E-state index is 0.542. The van der Waals surface area contributed by atoms with Gasteiger partial charge < -0.3 is 9.88 Å². The van der Waals surface area contributed by atoms with Crippen LogP contribution < -0.4 is 0 Å². The number of rotatable bonds is 3. The first-order valence-electron chi connectivity index (χ1n) is 8.78. The maximum absolute atomic E-state index is 4.51. The summed E-state index contributed by atoms with van der Waals surface area (Å²) in [6.45, 7) is 3.93. The summed E-state index contributed by atoms with van der Waals surface area (Å²) < 4.78 is 1.83. The van der Waals surface area contributed by atoms with E-state index in [4.69, 9.17) is 0 Å². The van der Waals surface area contributed by atoms with Crippen molar-refractivity contribution in [2.45, 2.75) is 38.0 Å². The van der Waals surface area contributed by atoms with Gasteiger partial charge >= 0.3 is 0 Å². The number of aromatic amines is 1. The number of hydrogen-bond donors (Lipinski definition) is 1. The van der Waals surface area contributed by atoms with E-state index in [2.05, 4.69) is 31.2 Å². The average molecular weight is 310 g/mol. The Bertz CT molecular complexity index is 822. The second kappa shape index (κ2) is 5.30. The molecule has 5 rings (SSSR count). The molecule has 0 aromatic carbocycles. The van der Waals surface area contributed by atoms with Crippen LogP contribution in [-0.2, 0) is 0 Å². The summed E-state index contributed by atoms with van der Waals surface area (Å²) in [5.41, 5.74) is 3.23. The van der Waals surface area contributed by atoms with Crippen molar-refractivity contribution in [3.8, 4) is 0 Å². The molecule has 6 heteroatoms. The number of aromatic nitrogens is 5.